The summed E-state index contributed by atoms with van der Waals surface area (Å²) >= 11 is 7.14. The second-order valence-corrected chi connectivity index (χ2v) is 4.96. The summed E-state index contributed by atoms with van der Waals surface area (Å²) in [5.74, 6) is -0.405. The lowest BCUT2D eigenvalue weighted by molar-refractivity contribution is -0.117. The fourth-order valence-electron chi connectivity index (χ4n) is 1.56. The van der Waals surface area contributed by atoms with E-state index in [4.69, 9.17) is 11.6 Å². The van der Waals surface area contributed by atoms with Crippen LogP contribution < -0.4 is 0 Å². The Kier molecular flexibility index (Phi) is 3.92. The lowest BCUT2D eigenvalue weighted by Gasteiger charge is -2.01. The van der Waals surface area contributed by atoms with Crippen LogP contribution in [0, 0.1) is 5.82 Å². The van der Waals surface area contributed by atoms with Crippen LogP contribution in [0.2, 0.25) is 5.02 Å². The van der Waals surface area contributed by atoms with Crippen LogP contribution in [0.3, 0.4) is 0 Å². The molecule has 17 heavy (non-hydrogen) atoms. The second kappa shape index (κ2) is 5.43. The van der Waals surface area contributed by atoms with Crippen LogP contribution in [0.15, 0.2) is 35.0 Å². The molecule has 4 heteroatoms. The van der Waals surface area contributed by atoms with Crippen LogP contribution in [0.25, 0.3) is 0 Å². The van der Waals surface area contributed by atoms with Gasteiger partial charge < -0.3 is 0 Å². The van der Waals surface area contributed by atoms with Gasteiger partial charge in [-0.05, 0) is 40.1 Å². The Labute approximate surface area is 108 Å². The van der Waals surface area contributed by atoms with E-state index in [1.165, 1.54) is 12.1 Å². The van der Waals surface area contributed by atoms with E-state index in [9.17, 15) is 9.18 Å². The highest BCUT2D eigenvalue weighted by Gasteiger charge is 2.07. The molecule has 88 valence electrons. The summed E-state index contributed by atoms with van der Waals surface area (Å²) in [5.41, 5.74) is 1.67. The molecule has 0 saturated carbocycles. The van der Waals surface area contributed by atoms with Gasteiger partial charge in [0.15, 0.2) is 0 Å². The minimum Gasteiger partial charge on any atom is -0.299 e. The average Bonchev–Trinajstić information content (AvgIpc) is 2.76. The number of carbonyl (C=O) groups is 1. The Hall–Kier alpha value is -1.19. The molecule has 0 aliphatic rings. The minimum absolute atomic E-state index is 0.0742. The zero-order valence-electron chi connectivity index (χ0n) is 8.95. The molecule has 0 aliphatic carbocycles. The minimum atomic E-state index is -0.479. The number of hydrogen-bond donors (Lipinski definition) is 0. The average molecular weight is 269 g/mol. The van der Waals surface area contributed by atoms with Crippen LogP contribution in [0.1, 0.15) is 11.1 Å². The quantitative estimate of drug-likeness (QED) is 0.822. The summed E-state index contributed by atoms with van der Waals surface area (Å²) in [6, 6.07) is 6.39. The van der Waals surface area contributed by atoms with E-state index >= 15 is 0 Å². The number of thiophene rings is 1. The third-order valence-electron chi connectivity index (χ3n) is 2.37. The highest BCUT2D eigenvalue weighted by molar-refractivity contribution is 7.08. The van der Waals surface area contributed by atoms with E-state index in [0.717, 1.165) is 5.56 Å². The monoisotopic (exact) mass is 268 g/mol. The van der Waals surface area contributed by atoms with E-state index in [2.05, 4.69) is 0 Å². The molecule has 2 rings (SSSR count). The molecule has 0 bridgehead atoms. The SMILES string of the molecule is O=C(Cc1ccsc1)Cc1ccc(Cl)c(F)c1. The molecular weight excluding hydrogens is 259 g/mol. The van der Waals surface area contributed by atoms with Crippen LogP contribution in [0.4, 0.5) is 4.39 Å². The van der Waals surface area contributed by atoms with Gasteiger partial charge in [0.05, 0.1) is 5.02 Å². The van der Waals surface area contributed by atoms with Gasteiger partial charge in [0.1, 0.15) is 11.6 Å². The van der Waals surface area contributed by atoms with Gasteiger partial charge in [-0.15, -0.1) is 0 Å². The number of ketones is 1. The number of benzene rings is 1. The molecule has 1 aromatic carbocycles. The molecule has 0 saturated heterocycles. The fourth-order valence-corrected chi connectivity index (χ4v) is 2.35. The molecule has 1 heterocycles. The van der Waals surface area contributed by atoms with Gasteiger partial charge >= 0.3 is 0 Å². The third kappa shape index (κ3) is 3.38. The van der Waals surface area contributed by atoms with Crippen molar-refractivity contribution in [2.45, 2.75) is 12.8 Å². The van der Waals surface area contributed by atoms with Crippen molar-refractivity contribution in [2.24, 2.45) is 0 Å². The zero-order valence-corrected chi connectivity index (χ0v) is 10.5. The van der Waals surface area contributed by atoms with E-state index in [1.54, 1.807) is 17.4 Å². The molecule has 0 amide bonds. The molecule has 0 unspecified atom stereocenters. The van der Waals surface area contributed by atoms with Crippen LogP contribution in [-0.4, -0.2) is 5.78 Å². The van der Waals surface area contributed by atoms with Crippen molar-refractivity contribution in [3.05, 3.63) is 57.0 Å². The molecule has 1 aromatic heterocycles. The molecule has 2 aromatic rings. The van der Waals surface area contributed by atoms with Crippen molar-refractivity contribution in [3.63, 3.8) is 0 Å². The molecule has 0 aliphatic heterocycles. The van der Waals surface area contributed by atoms with Gasteiger partial charge in [0.25, 0.3) is 0 Å². The van der Waals surface area contributed by atoms with E-state index in [1.807, 2.05) is 16.8 Å². The fraction of sp³-hybridized carbons (Fsp3) is 0.154. The van der Waals surface area contributed by atoms with E-state index < -0.39 is 5.82 Å². The normalized spacial score (nSPS) is 10.5. The van der Waals surface area contributed by atoms with Crippen LogP contribution >= 0.6 is 22.9 Å². The molecule has 0 fully saturated rings. The van der Waals surface area contributed by atoms with Crippen molar-refractivity contribution >= 4 is 28.7 Å². The van der Waals surface area contributed by atoms with Gasteiger partial charge in [-0.1, -0.05) is 17.7 Å². The molecule has 0 radical (unpaired) electrons. The van der Waals surface area contributed by atoms with Gasteiger partial charge in [0.2, 0.25) is 0 Å². The molecule has 1 nitrogen and oxygen atoms in total. The Morgan fingerprint density at radius 3 is 2.65 bits per heavy atom. The topological polar surface area (TPSA) is 17.1 Å². The summed E-state index contributed by atoms with van der Waals surface area (Å²) < 4.78 is 13.2. The number of hydrogen-bond acceptors (Lipinski definition) is 2. The second-order valence-electron chi connectivity index (χ2n) is 3.77. The lowest BCUT2D eigenvalue weighted by Crippen LogP contribution is -2.06. The van der Waals surface area contributed by atoms with Crippen molar-refractivity contribution in [1.29, 1.82) is 0 Å². The zero-order chi connectivity index (χ0) is 12.3. The first-order chi connectivity index (χ1) is 8.15. The Balaban J connectivity index is 2.00. The maximum atomic E-state index is 13.2. The van der Waals surface area contributed by atoms with Gasteiger partial charge in [-0.25, -0.2) is 4.39 Å². The first kappa shape index (κ1) is 12.3. The van der Waals surface area contributed by atoms with Crippen molar-refractivity contribution in [2.75, 3.05) is 0 Å². The standard InChI is InChI=1S/C13H10ClFOS/c14-12-2-1-9(7-13(12)15)5-11(16)6-10-3-4-17-8-10/h1-4,7-8H,5-6H2. The first-order valence-electron chi connectivity index (χ1n) is 5.12. The maximum absolute atomic E-state index is 13.2. The smallest absolute Gasteiger partial charge is 0.142 e. The number of carbonyl (C=O) groups excluding carboxylic acids is 1. The van der Waals surface area contributed by atoms with Crippen LogP contribution in [0.5, 0.6) is 0 Å². The summed E-state index contributed by atoms with van der Waals surface area (Å²) in [7, 11) is 0. The van der Waals surface area contributed by atoms with Crippen molar-refractivity contribution in [1.82, 2.24) is 0 Å². The van der Waals surface area contributed by atoms with Gasteiger partial charge in [-0.3, -0.25) is 4.79 Å². The molecule has 0 atom stereocenters. The number of Topliss-reactive ketones (excluding diaryl/α,β-unsaturated/α-hetero) is 1. The molecule has 0 N–H and O–H groups in total. The summed E-state index contributed by atoms with van der Waals surface area (Å²) in [6.45, 7) is 0. The summed E-state index contributed by atoms with van der Waals surface area (Å²) in [5, 5.41) is 3.96. The largest absolute Gasteiger partial charge is 0.299 e. The lowest BCUT2D eigenvalue weighted by atomic mass is 10.0. The molecular formula is C13H10ClFOS. The Morgan fingerprint density at radius 2 is 2.00 bits per heavy atom. The third-order valence-corrected chi connectivity index (χ3v) is 3.41. The number of halogens is 2. The van der Waals surface area contributed by atoms with Gasteiger partial charge in [-0.2, -0.15) is 11.3 Å². The highest BCUT2D eigenvalue weighted by Crippen LogP contribution is 2.16. The Morgan fingerprint density at radius 1 is 1.24 bits per heavy atom. The van der Waals surface area contributed by atoms with Gasteiger partial charge in [0, 0.05) is 12.8 Å². The first-order valence-corrected chi connectivity index (χ1v) is 6.44. The maximum Gasteiger partial charge on any atom is 0.142 e. The van der Waals surface area contributed by atoms with E-state index in [0.29, 0.717) is 12.0 Å². The van der Waals surface area contributed by atoms with Crippen molar-refractivity contribution in [3.8, 4) is 0 Å². The Bertz CT molecular complexity index is 522. The summed E-state index contributed by atoms with van der Waals surface area (Å²) in [6.07, 6.45) is 0.637. The van der Waals surface area contributed by atoms with Crippen molar-refractivity contribution < 1.29 is 9.18 Å². The highest BCUT2D eigenvalue weighted by atomic mass is 35.5. The summed E-state index contributed by atoms with van der Waals surface area (Å²) in [4.78, 5) is 11.7. The van der Waals surface area contributed by atoms with Crippen LogP contribution in [-0.2, 0) is 17.6 Å². The van der Waals surface area contributed by atoms with E-state index in [-0.39, 0.29) is 17.2 Å². The number of rotatable bonds is 4. The predicted molar refractivity (Wildman–Crippen MR) is 68.1 cm³/mol. The molecule has 0 spiro atoms. The predicted octanol–water partition coefficient (Wildman–Crippen LogP) is 3.89.